The SMILES string of the molecule is O=C(CN1CCN2C(=O)CCC2C1)c1ccc(Cl)cc1. The monoisotopic (exact) mass is 292 g/mol. The van der Waals surface area contributed by atoms with E-state index in [4.69, 9.17) is 11.6 Å². The highest BCUT2D eigenvalue weighted by atomic mass is 35.5. The van der Waals surface area contributed by atoms with Crippen LogP contribution in [-0.2, 0) is 4.79 Å². The van der Waals surface area contributed by atoms with Gasteiger partial charge in [0.05, 0.1) is 6.54 Å². The van der Waals surface area contributed by atoms with E-state index in [1.165, 1.54) is 0 Å². The highest BCUT2D eigenvalue weighted by molar-refractivity contribution is 6.30. The molecule has 0 spiro atoms. The van der Waals surface area contributed by atoms with E-state index in [0.717, 1.165) is 26.1 Å². The van der Waals surface area contributed by atoms with Gasteiger partial charge in [-0.3, -0.25) is 14.5 Å². The van der Waals surface area contributed by atoms with Gasteiger partial charge < -0.3 is 4.90 Å². The second-order valence-electron chi connectivity index (χ2n) is 5.44. The fourth-order valence-electron chi connectivity index (χ4n) is 3.00. The first-order valence-electron chi connectivity index (χ1n) is 6.94. The molecular weight excluding hydrogens is 276 g/mol. The van der Waals surface area contributed by atoms with Crippen LogP contribution in [0.5, 0.6) is 0 Å². The van der Waals surface area contributed by atoms with Crippen LogP contribution >= 0.6 is 11.6 Å². The zero-order chi connectivity index (χ0) is 14.1. The van der Waals surface area contributed by atoms with Crippen molar-refractivity contribution in [2.45, 2.75) is 18.9 Å². The molecule has 0 aromatic heterocycles. The predicted molar refractivity (Wildman–Crippen MR) is 77.0 cm³/mol. The third-order valence-electron chi connectivity index (χ3n) is 4.11. The average Bonchev–Trinajstić information content (AvgIpc) is 2.81. The number of hydrogen-bond acceptors (Lipinski definition) is 3. The first kappa shape index (κ1) is 13.6. The molecule has 106 valence electrons. The molecule has 0 aliphatic carbocycles. The van der Waals surface area contributed by atoms with Gasteiger partial charge in [-0.15, -0.1) is 0 Å². The van der Waals surface area contributed by atoms with Crippen molar-refractivity contribution in [2.75, 3.05) is 26.2 Å². The molecule has 1 atom stereocenters. The van der Waals surface area contributed by atoms with Crippen LogP contribution in [0, 0.1) is 0 Å². The quantitative estimate of drug-likeness (QED) is 0.798. The molecule has 5 heteroatoms. The molecule has 2 heterocycles. The van der Waals surface area contributed by atoms with E-state index >= 15 is 0 Å². The van der Waals surface area contributed by atoms with Gasteiger partial charge in [-0.1, -0.05) is 11.6 Å². The van der Waals surface area contributed by atoms with Gasteiger partial charge in [0.15, 0.2) is 5.78 Å². The van der Waals surface area contributed by atoms with E-state index in [1.54, 1.807) is 24.3 Å². The van der Waals surface area contributed by atoms with Gasteiger partial charge in [0.25, 0.3) is 0 Å². The van der Waals surface area contributed by atoms with Crippen molar-refractivity contribution in [3.05, 3.63) is 34.9 Å². The first-order valence-corrected chi connectivity index (χ1v) is 7.32. The minimum Gasteiger partial charge on any atom is -0.337 e. The molecule has 4 nitrogen and oxygen atoms in total. The molecule has 2 fully saturated rings. The Bertz CT molecular complexity index is 529. The van der Waals surface area contributed by atoms with E-state index in [1.807, 2.05) is 4.90 Å². The number of fused-ring (bicyclic) bond motifs is 1. The minimum absolute atomic E-state index is 0.111. The van der Waals surface area contributed by atoms with Gasteiger partial charge in [-0.05, 0) is 30.7 Å². The Balaban J connectivity index is 1.60. The van der Waals surface area contributed by atoms with Crippen LogP contribution in [0.1, 0.15) is 23.2 Å². The molecule has 1 amide bonds. The number of nitrogens with zero attached hydrogens (tertiary/aromatic N) is 2. The van der Waals surface area contributed by atoms with Gasteiger partial charge in [-0.25, -0.2) is 0 Å². The smallest absolute Gasteiger partial charge is 0.222 e. The van der Waals surface area contributed by atoms with E-state index < -0.39 is 0 Å². The number of hydrogen-bond donors (Lipinski definition) is 0. The number of ketones is 1. The molecule has 20 heavy (non-hydrogen) atoms. The van der Waals surface area contributed by atoms with Crippen LogP contribution in [0.15, 0.2) is 24.3 Å². The molecular formula is C15H17ClN2O2. The van der Waals surface area contributed by atoms with Crippen molar-refractivity contribution in [1.29, 1.82) is 0 Å². The lowest BCUT2D eigenvalue weighted by atomic mass is 10.1. The van der Waals surface area contributed by atoms with Crippen molar-refractivity contribution in [3.8, 4) is 0 Å². The summed E-state index contributed by atoms with van der Waals surface area (Å²) in [6, 6.07) is 7.30. The van der Waals surface area contributed by atoms with Crippen LogP contribution < -0.4 is 0 Å². The highest BCUT2D eigenvalue weighted by Gasteiger charge is 2.35. The van der Waals surface area contributed by atoms with Crippen molar-refractivity contribution >= 4 is 23.3 Å². The van der Waals surface area contributed by atoms with E-state index in [-0.39, 0.29) is 11.7 Å². The topological polar surface area (TPSA) is 40.6 Å². The molecule has 1 aromatic rings. The molecule has 0 radical (unpaired) electrons. The summed E-state index contributed by atoms with van der Waals surface area (Å²) in [4.78, 5) is 27.9. The van der Waals surface area contributed by atoms with Crippen LogP contribution in [0.4, 0.5) is 0 Å². The number of Topliss-reactive ketones (excluding diaryl/α,β-unsaturated/α-hetero) is 1. The summed E-state index contributed by atoms with van der Waals surface area (Å²) in [6.45, 7) is 2.75. The summed E-state index contributed by atoms with van der Waals surface area (Å²) in [5, 5.41) is 0.639. The summed E-state index contributed by atoms with van der Waals surface area (Å²) in [7, 11) is 0. The molecule has 1 unspecified atom stereocenters. The van der Waals surface area contributed by atoms with E-state index in [2.05, 4.69) is 4.90 Å². The lowest BCUT2D eigenvalue weighted by Gasteiger charge is -2.37. The zero-order valence-electron chi connectivity index (χ0n) is 11.2. The first-order chi connectivity index (χ1) is 9.63. The Kier molecular flexibility index (Phi) is 3.76. The standard InChI is InChI=1S/C15H17ClN2O2/c16-12-3-1-11(2-4-12)14(19)10-17-7-8-18-13(9-17)5-6-15(18)20/h1-4,13H,5-10H2. The molecule has 3 rings (SSSR count). The Morgan fingerprint density at radius 1 is 1.25 bits per heavy atom. The van der Waals surface area contributed by atoms with E-state index in [0.29, 0.717) is 29.6 Å². The molecule has 0 N–H and O–H groups in total. The maximum Gasteiger partial charge on any atom is 0.222 e. The number of benzene rings is 1. The Morgan fingerprint density at radius 2 is 2.00 bits per heavy atom. The van der Waals surface area contributed by atoms with E-state index in [9.17, 15) is 9.59 Å². The van der Waals surface area contributed by atoms with Crippen molar-refractivity contribution in [1.82, 2.24) is 9.80 Å². The lowest BCUT2D eigenvalue weighted by molar-refractivity contribution is -0.130. The number of halogens is 1. The molecule has 0 saturated carbocycles. The number of piperazine rings is 1. The maximum absolute atomic E-state index is 12.2. The third kappa shape index (κ3) is 2.72. The van der Waals surface area contributed by atoms with Crippen molar-refractivity contribution < 1.29 is 9.59 Å². The normalized spacial score (nSPS) is 22.9. The number of rotatable bonds is 3. The molecule has 2 saturated heterocycles. The zero-order valence-corrected chi connectivity index (χ0v) is 12.0. The van der Waals surface area contributed by atoms with Gasteiger partial charge in [0.1, 0.15) is 0 Å². The fourth-order valence-corrected chi connectivity index (χ4v) is 3.13. The summed E-state index contributed by atoms with van der Waals surface area (Å²) in [6.07, 6.45) is 1.58. The highest BCUT2D eigenvalue weighted by Crippen LogP contribution is 2.23. The minimum atomic E-state index is 0.111. The third-order valence-corrected chi connectivity index (χ3v) is 4.36. The summed E-state index contributed by atoms with van der Waals surface area (Å²) >= 11 is 5.82. The Labute approximate surface area is 123 Å². The number of carbonyl (C=O) groups is 2. The number of amides is 1. The van der Waals surface area contributed by atoms with Crippen molar-refractivity contribution in [2.24, 2.45) is 0 Å². The second kappa shape index (κ2) is 5.54. The summed E-state index contributed by atoms with van der Waals surface area (Å²) < 4.78 is 0. The lowest BCUT2D eigenvalue weighted by Crippen LogP contribution is -2.52. The second-order valence-corrected chi connectivity index (χ2v) is 5.88. The summed E-state index contributed by atoms with van der Waals surface area (Å²) in [5.41, 5.74) is 0.694. The molecule has 1 aromatic carbocycles. The fraction of sp³-hybridized carbons (Fsp3) is 0.467. The maximum atomic E-state index is 12.2. The van der Waals surface area contributed by atoms with Crippen molar-refractivity contribution in [3.63, 3.8) is 0 Å². The molecule has 2 aliphatic heterocycles. The molecule has 0 bridgehead atoms. The van der Waals surface area contributed by atoms with Gasteiger partial charge in [0, 0.05) is 42.7 Å². The van der Waals surface area contributed by atoms with Crippen LogP contribution in [0.2, 0.25) is 5.02 Å². The predicted octanol–water partition coefficient (Wildman–Crippen LogP) is 1.83. The van der Waals surface area contributed by atoms with Crippen LogP contribution in [0.25, 0.3) is 0 Å². The van der Waals surface area contributed by atoms with Gasteiger partial charge in [-0.2, -0.15) is 0 Å². The summed E-state index contributed by atoms with van der Waals surface area (Å²) in [5.74, 6) is 0.373. The Morgan fingerprint density at radius 3 is 2.75 bits per heavy atom. The number of carbonyl (C=O) groups excluding carboxylic acids is 2. The van der Waals surface area contributed by atoms with Gasteiger partial charge >= 0.3 is 0 Å². The van der Waals surface area contributed by atoms with Crippen LogP contribution in [0.3, 0.4) is 0 Å². The Hall–Kier alpha value is -1.39. The van der Waals surface area contributed by atoms with Crippen LogP contribution in [-0.4, -0.2) is 53.7 Å². The largest absolute Gasteiger partial charge is 0.337 e. The average molecular weight is 293 g/mol. The van der Waals surface area contributed by atoms with Gasteiger partial charge in [0.2, 0.25) is 5.91 Å². The molecule has 2 aliphatic rings.